The fraction of sp³-hybridized carbons (Fsp3) is 0.385. The predicted molar refractivity (Wildman–Crippen MR) is 66.5 cm³/mol. The summed E-state index contributed by atoms with van der Waals surface area (Å²) in [6.07, 6.45) is 2.13. The van der Waals surface area contributed by atoms with Gasteiger partial charge in [0, 0.05) is 49.8 Å². The van der Waals surface area contributed by atoms with Crippen molar-refractivity contribution in [1.29, 1.82) is 0 Å². The minimum Gasteiger partial charge on any atom is -0.351 e. The predicted octanol–water partition coefficient (Wildman–Crippen LogP) is 1.41. The molecule has 1 unspecified atom stereocenters. The fourth-order valence-corrected chi connectivity index (χ4v) is 2.50. The van der Waals surface area contributed by atoms with Gasteiger partial charge in [-0.25, -0.2) is 0 Å². The van der Waals surface area contributed by atoms with Gasteiger partial charge in [-0.05, 0) is 17.7 Å². The summed E-state index contributed by atoms with van der Waals surface area (Å²) in [6, 6.07) is 9.21. The number of aromatic nitrogens is 1. The third-order valence-electron chi connectivity index (χ3n) is 3.38. The molecule has 0 saturated carbocycles. The van der Waals surface area contributed by atoms with E-state index in [-0.39, 0.29) is 0 Å². The summed E-state index contributed by atoms with van der Waals surface area (Å²) in [5.41, 5.74) is 2.72. The van der Waals surface area contributed by atoms with E-state index in [4.69, 9.17) is 0 Å². The molecule has 1 atom stereocenters. The molecule has 2 N–H and O–H groups in total. The first-order valence-corrected chi connectivity index (χ1v) is 5.84. The first-order valence-electron chi connectivity index (χ1n) is 5.84. The molecule has 0 aliphatic carbocycles. The minimum absolute atomic E-state index is 0.444. The summed E-state index contributed by atoms with van der Waals surface area (Å²) in [4.78, 5) is 0. The third kappa shape index (κ3) is 1.52. The van der Waals surface area contributed by atoms with Gasteiger partial charge < -0.3 is 15.2 Å². The highest BCUT2D eigenvalue weighted by Gasteiger charge is 2.16. The van der Waals surface area contributed by atoms with Crippen LogP contribution in [0.4, 0.5) is 0 Å². The average molecular weight is 215 g/mol. The Hall–Kier alpha value is -1.32. The van der Waals surface area contributed by atoms with E-state index in [0.717, 1.165) is 19.6 Å². The van der Waals surface area contributed by atoms with Crippen LogP contribution in [0.25, 0.3) is 10.9 Å². The van der Waals surface area contributed by atoms with Crippen molar-refractivity contribution in [1.82, 2.24) is 15.2 Å². The zero-order chi connectivity index (χ0) is 11.0. The Bertz CT molecular complexity index is 495. The first-order chi connectivity index (χ1) is 7.86. The molecule has 0 spiro atoms. The summed E-state index contributed by atoms with van der Waals surface area (Å²) in [7, 11) is 2.10. The zero-order valence-electron chi connectivity index (χ0n) is 9.53. The molecule has 1 aliphatic heterocycles. The molecule has 84 valence electrons. The summed E-state index contributed by atoms with van der Waals surface area (Å²) >= 11 is 0. The second kappa shape index (κ2) is 3.92. The van der Waals surface area contributed by atoms with E-state index in [1.807, 2.05) is 0 Å². The maximum Gasteiger partial charge on any atom is 0.0481 e. The van der Waals surface area contributed by atoms with Gasteiger partial charge in [-0.15, -0.1) is 0 Å². The highest BCUT2D eigenvalue weighted by Crippen LogP contribution is 2.25. The van der Waals surface area contributed by atoms with E-state index < -0.39 is 0 Å². The lowest BCUT2D eigenvalue weighted by molar-refractivity contribution is 0.432. The molecule has 3 nitrogen and oxygen atoms in total. The summed E-state index contributed by atoms with van der Waals surface area (Å²) in [6.45, 7) is 3.14. The van der Waals surface area contributed by atoms with E-state index in [1.54, 1.807) is 0 Å². The van der Waals surface area contributed by atoms with Gasteiger partial charge in [0.1, 0.15) is 0 Å². The van der Waals surface area contributed by atoms with Crippen LogP contribution in [-0.2, 0) is 7.05 Å². The maximum absolute atomic E-state index is 3.57. The summed E-state index contributed by atoms with van der Waals surface area (Å²) in [5, 5.41) is 8.37. The molecular weight excluding hydrogens is 198 g/mol. The number of fused-ring (bicyclic) bond motifs is 1. The van der Waals surface area contributed by atoms with Gasteiger partial charge in [-0.3, -0.25) is 0 Å². The van der Waals surface area contributed by atoms with Crippen LogP contribution >= 0.6 is 0 Å². The number of benzene rings is 1. The Labute approximate surface area is 95.5 Å². The van der Waals surface area contributed by atoms with Crippen molar-refractivity contribution < 1.29 is 0 Å². The van der Waals surface area contributed by atoms with Crippen molar-refractivity contribution in [2.45, 2.75) is 6.04 Å². The largest absolute Gasteiger partial charge is 0.351 e. The van der Waals surface area contributed by atoms with Gasteiger partial charge in [0.2, 0.25) is 0 Å². The van der Waals surface area contributed by atoms with Crippen LogP contribution < -0.4 is 10.6 Å². The van der Waals surface area contributed by atoms with Gasteiger partial charge in [0.15, 0.2) is 0 Å². The molecule has 3 rings (SSSR count). The van der Waals surface area contributed by atoms with Crippen LogP contribution in [0.15, 0.2) is 30.5 Å². The van der Waals surface area contributed by atoms with Crippen LogP contribution in [0.1, 0.15) is 11.6 Å². The lowest BCUT2D eigenvalue weighted by Gasteiger charge is -2.25. The van der Waals surface area contributed by atoms with Gasteiger partial charge in [0.05, 0.1) is 0 Å². The normalized spacial score (nSPS) is 21.4. The van der Waals surface area contributed by atoms with Crippen molar-refractivity contribution in [3.63, 3.8) is 0 Å². The zero-order valence-corrected chi connectivity index (χ0v) is 9.53. The van der Waals surface area contributed by atoms with Crippen LogP contribution in [-0.4, -0.2) is 24.2 Å². The number of hydrogen-bond acceptors (Lipinski definition) is 2. The van der Waals surface area contributed by atoms with E-state index >= 15 is 0 Å². The topological polar surface area (TPSA) is 29.0 Å². The first kappa shape index (κ1) is 9.87. The monoisotopic (exact) mass is 215 g/mol. The van der Waals surface area contributed by atoms with E-state index in [9.17, 15) is 0 Å². The number of piperazine rings is 1. The van der Waals surface area contributed by atoms with Gasteiger partial charge in [0.25, 0.3) is 0 Å². The summed E-state index contributed by atoms with van der Waals surface area (Å²) in [5.74, 6) is 0. The highest BCUT2D eigenvalue weighted by molar-refractivity contribution is 5.84. The SMILES string of the molecule is Cn1ccc2c(C3CNCCN3)cccc21. The van der Waals surface area contributed by atoms with Crippen molar-refractivity contribution in [3.05, 3.63) is 36.0 Å². The molecule has 1 aliphatic rings. The van der Waals surface area contributed by atoms with Gasteiger partial charge >= 0.3 is 0 Å². The molecule has 0 amide bonds. The Morgan fingerprint density at radius 2 is 2.19 bits per heavy atom. The second-order valence-corrected chi connectivity index (χ2v) is 4.42. The smallest absolute Gasteiger partial charge is 0.0481 e. The third-order valence-corrected chi connectivity index (χ3v) is 3.38. The highest BCUT2D eigenvalue weighted by atomic mass is 15.1. The van der Waals surface area contributed by atoms with Crippen molar-refractivity contribution in [2.24, 2.45) is 7.05 Å². The van der Waals surface area contributed by atoms with Gasteiger partial charge in [-0.2, -0.15) is 0 Å². The lowest BCUT2D eigenvalue weighted by atomic mass is 10.0. The molecule has 0 bridgehead atoms. The lowest BCUT2D eigenvalue weighted by Crippen LogP contribution is -2.42. The molecule has 0 radical (unpaired) electrons. The van der Waals surface area contributed by atoms with Crippen LogP contribution in [0, 0.1) is 0 Å². The minimum atomic E-state index is 0.444. The van der Waals surface area contributed by atoms with Crippen molar-refractivity contribution in [2.75, 3.05) is 19.6 Å². The van der Waals surface area contributed by atoms with E-state index in [1.165, 1.54) is 16.5 Å². The number of nitrogens with one attached hydrogen (secondary N) is 2. The van der Waals surface area contributed by atoms with Gasteiger partial charge in [-0.1, -0.05) is 12.1 Å². The number of aryl methyl sites for hydroxylation is 1. The molecule has 3 heteroatoms. The second-order valence-electron chi connectivity index (χ2n) is 4.42. The van der Waals surface area contributed by atoms with Crippen molar-refractivity contribution in [3.8, 4) is 0 Å². The summed E-state index contributed by atoms with van der Waals surface area (Å²) < 4.78 is 2.18. The molecule has 1 fully saturated rings. The Morgan fingerprint density at radius 3 is 3.00 bits per heavy atom. The molecule has 2 heterocycles. The molecule has 1 aromatic carbocycles. The Kier molecular flexibility index (Phi) is 2.42. The average Bonchev–Trinajstić information content (AvgIpc) is 2.73. The molecular formula is C13H17N3. The molecule has 2 aromatic rings. The fourth-order valence-electron chi connectivity index (χ4n) is 2.50. The van der Waals surface area contributed by atoms with Crippen LogP contribution in [0.5, 0.6) is 0 Å². The Morgan fingerprint density at radius 1 is 1.25 bits per heavy atom. The Balaban J connectivity index is 2.08. The molecule has 1 aromatic heterocycles. The van der Waals surface area contributed by atoms with Crippen LogP contribution in [0.3, 0.4) is 0 Å². The number of nitrogens with zero attached hydrogens (tertiary/aromatic N) is 1. The van der Waals surface area contributed by atoms with Crippen molar-refractivity contribution >= 4 is 10.9 Å². The molecule has 1 saturated heterocycles. The number of rotatable bonds is 1. The maximum atomic E-state index is 3.57. The number of hydrogen-bond donors (Lipinski definition) is 2. The quantitative estimate of drug-likeness (QED) is 0.753. The van der Waals surface area contributed by atoms with E-state index in [0.29, 0.717) is 6.04 Å². The standard InChI is InChI=1S/C13H17N3/c1-16-8-5-11-10(3-2-4-13(11)16)12-9-14-6-7-15-12/h2-5,8,12,14-15H,6-7,9H2,1H3. The van der Waals surface area contributed by atoms with Crippen LogP contribution in [0.2, 0.25) is 0 Å². The van der Waals surface area contributed by atoms with E-state index in [2.05, 4.69) is 52.7 Å². The molecule has 16 heavy (non-hydrogen) atoms.